The Morgan fingerprint density at radius 3 is 2.76 bits per heavy atom. The number of carbonyl (C=O) groups is 1. The van der Waals surface area contributed by atoms with Gasteiger partial charge in [0, 0.05) is 39.3 Å². The van der Waals surface area contributed by atoms with Gasteiger partial charge in [0.05, 0.1) is 5.69 Å². The van der Waals surface area contributed by atoms with E-state index >= 15 is 0 Å². The van der Waals surface area contributed by atoms with Crippen molar-refractivity contribution in [2.24, 2.45) is 18.9 Å². The van der Waals surface area contributed by atoms with Crippen molar-refractivity contribution >= 4 is 5.91 Å². The Labute approximate surface area is 151 Å². The van der Waals surface area contributed by atoms with Crippen molar-refractivity contribution in [3.63, 3.8) is 0 Å². The highest BCUT2D eigenvalue weighted by Gasteiger charge is 2.38. The van der Waals surface area contributed by atoms with Gasteiger partial charge in [0.25, 0.3) is 5.91 Å². The second-order valence-corrected chi connectivity index (χ2v) is 8.45. The minimum atomic E-state index is 0.180. The summed E-state index contributed by atoms with van der Waals surface area (Å²) in [5, 5.41) is 4.53. The first-order chi connectivity index (χ1) is 12.1. The van der Waals surface area contributed by atoms with Crippen LogP contribution in [0.1, 0.15) is 61.6 Å². The minimum absolute atomic E-state index is 0.180. The molecule has 5 nitrogen and oxygen atoms in total. The number of hydrogen-bond donors (Lipinski definition) is 0. The fraction of sp³-hybridized carbons (Fsp3) is 0.800. The van der Waals surface area contributed by atoms with E-state index in [-0.39, 0.29) is 5.91 Å². The van der Waals surface area contributed by atoms with Gasteiger partial charge in [-0.05, 0) is 50.0 Å². The second-order valence-electron chi connectivity index (χ2n) is 8.45. The van der Waals surface area contributed by atoms with Crippen LogP contribution in [0.3, 0.4) is 0 Å². The Bertz CT molecular complexity index is 621. The van der Waals surface area contributed by atoms with E-state index in [9.17, 15) is 4.79 Å². The molecule has 4 heterocycles. The van der Waals surface area contributed by atoms with Gasteiger partial charge in [0.1, 0.15) is 5.69 Å². The lowest BCUT2D eigenvalue weighted by molar-refractivity contribution is 0.0707. The number of amides is 1. The molecule has 1 aromatic heterocycles. The first kappa shape index (κ1) is 17.1. The van der Waals surface area contributed by atoms with E-state index in [0.29, 0.717) is 12.0 Å². The molecule has 5 rings (SSSR count). The number of hydrogen-bond acceptors (Lipinski definition) is 3. The van der Waals surface area contributed by atoms with Crippen LogP contribution in [0.15, 0.2) is 6.07 Å². The highest BCUT2D eigenvalue weighted by molar-refractivity contribution is 5.92. The zero-order valence-corrected chi connectivity index (χ0v) is 15.8. The van der Waals surface area contributed by atoms with Crippen molar-refractivity contribution in [3.05, 3.63) is 17.5 Å². The summed E-state index contributed by atoms with van der Waals surface area (Å²) in [5.74, 6) is 1.74. The molecule has 2 bridgehead atoms. The van der Waals surface area contributed by atoms with Crippen LogP contribution in [0.2, 0.25) is 0 Å². The van der Waals surface area contributed by atoms with Crippen LogP contribution in [0.5, 0.6) is 0 Å². The van der Waals surface area contributed by atoms with E-state index in [1.54, 1.807) is 4.68 Å². The van der Waals surface area contributed by atoms with Gasteiger partial charge in [-0.2, -0.15) is 5.10 Å². The normalized spacial score (nSPS) is 27.4. The van der Waals surface area contributed by atoms with E-state index in [0.717, 1.165) is 43.2 Å². The lowest BCUT2D eigenvalue weighted by Gasteiger charge is -2.40. The number of fused-ring (bicyclic) bond motifs is 4. The predicted molar refractivity (Wildman–Crippen MR) is 98.5 cm³/mol. The van der Waals surface area contributed by atoms with Crippen molar-refractivity contribution < 1.29 is 4.79 Å². The molecule has 25 heavy (non-hydrogen) atoms. The van der Waals surface area contributed by atoms with Crippen LogP contribution in [-0.4, -0.2) is 57.7 Å². The molecule has 0 radical (unpaired) electrons. The fourth-order valence-corrected chi connectivity index (χ4v) is 4.84. The summed E-state index contributed by atoms with van der Waals surface area (Å²) < 4.78 is 1.78. The second kappa shape index (κ2) is 7.10. The van der Waals surface area contributed by atoms with Gasteiger partial charge in [-0.3, -0.25) is 14.4 Å². The minimum Gasteiger partial charge on any atom is -0.335 e. The molecule has 0 aromatic carbocycles. The number of piperidine rings is 1. The molecule has 1 aromatic rings. The smallest absolute Gasteiger partial charge is 0.272 e. The van der Waals surface area contributed by atoms with Gasteiger partial charge < -0.3 is 4.90 Å². The summed E-state index contributed by atoms with van der Waals surface area (Å²) in [6.07, 6.45) is 8.78. The molecule has 0 N–H and O–H groups in total. The van der Waals surface area contributed by atoms with Gasteiger partial charge in [0.2, 0.25) is 0 Å². The lowest BCUT2D eigenvalue weighted by Crippen LogP contribution is -2.47. The summed E-state index contributed by atoms with van der Waals surface area (Å²) in [6.45, 7) is 6.42. The van der Waals surface area contributed by atoms with Gasteiger partial charge in [-0.15, -0.1) is 0 Å². The molecular weight excluding hydrogens is 312 g/mol. The highest BCUT2D eigenvalue weighted by Crippen LogP contribution is 2.33. The maximum atomic E-state index is 13.2. The third kappa shape index (κ3) is 3.48. The predicted octanol–water partition coefficient (Wildman–Crippen LogP) is 2.71. The Kier molecular flexibility index (Phi) is 4.85. The Hall–Kier alpha value is -1.36. The van der Waals surface area contributed by atoms with Crippen LogP contribution in [0.25, 0.3) is 0 Å². The molecule has 0 unspecified atom stereocenters. The van der Waals surface area contributed by atoms with Crippen molar-refractivity contribution in [1.82, 2.24) is 19.6 Å². The number of aryl methyl sites for hydroxylation is 2. The summed E-state index contributed by atoms with van der Waals surface area (Å²) in [6, 6.07) is 2.57. The van der Waals surface area contributed by atoms with Crippen molar-refractivity contribution in [2.45, 2.75) is 57.9 Å². The third-order valence-electron chi connectivity index (χ3n) is 6.49. The largest absolute Gasteiger partial charge is 0.335 e. The average molecular weight is 345 g/mol. The first-order valence-corrected chi connectivity index (χ1v) is 10.2. The van der Waals surface area contributed by atoms with Gasteiger partial charge in [0.15, 0.2) is 0 Å². The Morgan fingerprint density at radius 2 is 2.04 bits per heavy atom. The summed E-state index contributed by atoms with van der Waals surface area (Å²) in [5.41, 5.74) is 1.80. The number of carbonyl (C=O) groups excluding carboxylic acids is 1. The van der Waals surface area contributed by atoms with E-state index in [1.165, 1.54) is 45.2 Å². The van der Waals surface area contributed by atoms with E-state index in [4.69, 9.17) is 0 Å². The molecular formula is C20H32N4O. The summed E-state index contributed by atoms with van der Waals surface area (Å²) in [4.78, 5) is 18.0. The Morgan fingerprint density at radius 1 is 1.20 bits per heavy atom. The molecule has 138 valence electrons. The number of aromatic nitrogens is 2. The van der Waals surface area contributed by atoms with Gasteiger partial charge in [-0.25, -0.2) is 0 Å². The summed E-state index contributed by atoms with van der Waals surface area (Å²) >= 11 is 0. The van der Waals surface area contributed by atoms with Crippen LogP contribution < -0.4 is 0 Å². The number of rotatable bonds is 5. The maximum absolute atomic E-state index is 13.2. The van der Waals surface area contributed by atoms with E-state index in [1.807, 2.05) is 13.1 Å². The molecule has 4 aliphatic rings. The molecule has 1 aliphatic carbocycles. The number of nitrogens with zero attached hydrogens (tertiary/aromatic N) is 4. The zero-order chi connectivity index (χ0) is 17.4. The van der Waals surface area contributed by atoms with Crippen molar-refractivity contribution in [3.8, 4) is 0 Å². The molecule has 1 saturated carbocycles. The molecule has 3 aliphatic heterocycles. The molecule has 2 atom stereocenters. The zero-order valence-electron chi connectivity index (χ0n) is 15.8. The third-order valence-corrected chi connectivity index (χ3v) is 6.49. The average Bonchev–Trinajstić information content (AvgIpc) is 2.73. The monoisotopic (exact) mass is 344 g/mol. The molecule has 1 amide bonds. The van der Waals surface area contributed by atoms with Crippen molar-refractivity contribution in [1.29, 1.82) is 0 Å². The Balaban J connectivity index is 1.46. The maximum Gasteiger partial charge on any atom is 0.272 e. The van der Waals surface area contributed by atoms with Crippen LogP contribution in [-0.2, 0) is 13.5 Å². The quantitative estimate of drug-likeness (QED) is 0.825. The topological polar surface area (TPSA) is 41.4 Å². The molecule has 4 fully saturated rings. The SMILES string of the molecule is CCCc1cc(C(=O)N2C[C@@H]3CC[C@H](C2)N(CC2CCC2)C3)n(C)n1. The van der Waals surface area contributed by atoms with Crippen molar-refractivity contribution in [2.75, 3.05) is 26.2 Å². The first-order valence-electron chi connectivity index (χ1n) is 10.2. The lowest BCUT2D eigenvalue weighted by atomic mass is 9.83. The molecule has 3 saturated heterocycles. The van der Waals surface area contributed by atoms with Gasteiger partial charge >= 0.3 is 0 Å². The van der Waals surface area contributed by atoms with Gasteiger partial charge in [-0.1, -0.05) is 19.8 Å². The standard InChI is InChI=1S/C20H32N4O/c1-3-5-17-10-19(22(2)21-17)20(25)24-13-16-8-9-18(14-24)23(12-16)11-15-6-4-7-15/h10,15-16,18H,3-9,11-14H2,1-2H3/t16-,18-/m1/s1. The van der Waals surface area contributed by atoms with Crippen LogP contribution in [0, 0.1) is 11.8 Å². The summed E-state index contributed by atoms with van der Waals surface area (Å²) in [7, 11) is 1.90. The molecule has 5 heteroatoms. The highest BCUT2D eigenvalue weighted by atomic mass is 16.2. The van der Waals surface area contributed by atoms with Crippen LogP contribution >= 0.6 is 0 Å². The van der Waals surface area contributed by atoms with E-state index < -0.39 is 0 Å². The molecule has 0 spiro atoms. The van der Waals surface area contributed by atoms with E-state index in [2.05, 4.69) is 21.8 Å². The fourth-order valence-electron chi connectivity index (χ4n) is 4.84. The van der Waals surface area contributed by atoms with Crippen LogP contribution in [0.4, 0.5) is 0 Å².